The smallest absolute Gasteiger partial charge is 0.416 e. The summed E-state index contributed by atoms with van der Waals surface area (Å²) in [6.45, 7) is 0.848. The molecule has 0 radical (unpaired) electrons. The Morgan fingerprint density at radius 2 is 1.89 bits per heavy atom. The molecule has 0 saturated heterocycles. The Balaban J connectivity index is 2.71. The molecule has 1 aromatic rings. The van der Waals surface area contributed by atoms with Gasteiger partial charge in [-0.15, -0.1) is 10.1 Å². The summed E-state index contributed by atoms with van der Waals surface area (Å²) in [5, 5.41) is 20.2. The first kappa shape index (κ1) is 22.4. The molecule has 1 rings (SSSR count). The summed E-state index contributed by atoms with van der Waals surface area (Å²) in [7, 11) is 0. The summed E-state index contributed by atoms with van der Waals surface area (Å²) < 4.78 is 42.4. The Morgan fingerprint density at radius 1 is 1.29 bits per heavy atom. The molecule has 1 aromatic carbocycles. The van der Waals surface area contributed by atoms with Crippen LogP contribution in [0.3, 0.4) is 0 Å². The van der Waals surface area contributed by atoms with Gasteiger partial charge in [-0.1, -0.05) is 0 Å². The number of amides is 1. The molecule has 12 heteroatoms. The highest BCUT2D eigenvalue weighted by Crippen LogP contribution is 2.29. The second kappa shape index (κ2) is 9.91. The number of hydrogen-bond acceptors (Lipinski definition) is 7. The minimum Gasteiger partial charge on any atom is -0.430 e. The molecule has 150 valence electrons. The van der Waals surface area contributed by atoms with Crippen molar-refractivity contribution in [2.24, 2.45) is 0 Å². The van der Waals surface area contributed by atoms with E-state index in [0.29, 0.717) is 0 Å². The second-order valence-electron chi connectivity index (χ2n) is 5.21. The van der Waals surface area contributed by atoms with Crippen LogP contribution in [0.25, 0.3) is 0 Å². The van der Waals surface area contributed by atoms with Crippen molar-refractivity contribution in [3.05, 3.63) is 51.3 Å². The number of allylic oxidation sites excluding steroid dienone is 1. The number of rotatable bonds is 8. The second-order valence-corrected chi connectivity index (χ2v) is 5.21. The first-order valence-corrected chi connectivity index (χ1v) is 7.62. The van der Waals surface area contributed by atoms with Gasteiger partial charge < -0.3 is 14.9 Å². The van der Waals surface area contributed by atoms with E-state index in [-0.39, 0.29) is 30.9 Å². The summed E-state index contributed by atoms with van der Waals surface area (Å²) in [5.41, 5.74) is -1.47. The highest BCUT2D eigenvalue weighted by Gasteiger charge is 2.30. The molecular weight excluding hydrogens is 387 g/mol. The van der Waals surface area contributed by atoms with Crippen LogP contribution in [0.15, 0.2) is 35.6 Å². The first-order chi connectivity index (χ1) is 13.0. The van der Waals surface area contributed by atoms with Crippen molar-refractivity contribution < 1.29 is 37.4 Å². The monoisotopic (exact) mass is 401 g/mol. The molecule has 0 fully saturated rings. The lowest BCUT2D eigenvalue weighted by molar-refractivity contribution is -0.757. The third-order valence-corrected chi connectivity index (χ3v) is 3.15. The van der Waals surface area contributed by atoms with Gasteiger partial charge in [0, 0.05) is 12.1 Å². The summed E-state index contributed by atoms with van der Waals surface area (Å²) in [6.07, 6.45) is -4.81. The van der Waals surface area contributed by atoms with E-state index in [9.17, 15) is 32.9 Å². The molecule has 0 heterocycles. The lowest BCUT2D eigenvalue weighted by Crippen LogP contribution is -2.17. The van der Waals surface area contributed by atoms with Crippen LogP contribution in [0.2, 0.25) is 0 Å². The van der Waals surface area contributed by atoms with Gasteiger partial charge in [0.15, 0.2) is 5.57 Å². The zero-order valence-corrected chi connectivity index (χ0v) is 14.4. The zero-order chi connectivity index (χ0) is 21.3. The fraction of sp³-hybridized carbons (Fsp3) is 0.312. The van der Waals surface area contributed by atoms with Gasteiger partial charge in [-0.25, -0.2) is 0 Å². The molecule has 0 bridgehead atoms. The van der Waals surface area contributed by atoms with Crippen LogP contribution in [0.4, 0.5) is 18.9 Å². The molecule has 0 unspecified atom stereocenters. The van der Waals surface area contributed by atoms with Crippen molar-refractivity contribution >= 4 is 17.6 Å². The van der Waals surface area contributed by atoms with E-state index in [4.69, 9.17) is 10.00 Å². The standard InChI is InChI=1S/C16H14F3N3O6/c1-10(28-14(23)3-2-8-27-22(25)26)13(9-20)15(24)21-12-6-4-11(5-7-12)16(17,18)19/h4-7H,2-3,8H2,1H3,(H,21,24)/b13-10+. The van der Waals surface area contributed by atoms with E-state index in [1.54, 1.807) is 6.07 Å². The number of ether oxygens (including phenoxy) is 1. The van der Waals surface area contributed by atoms with Gasteiger partial charge in [0.2, 0.25) is 0 Å². The Bertz CT molecular complexity index is 812. The van der Waals surface area contributed by atoms with Gasteiger partial charge in [0.05, 0.1) is 12.2 Å². The lowest BCUT2D eigenvalue weighted by atomic mass is 10.2. The summed E-state index contributed by atoms with van der Waals surface area (Å²) in [4.78, 5) is 37.7. The molecule has 0 aliphatic carbocycles. The van der Waals surface area contributed by atoms with E-state index in [1.165, 1.54) is 6.92 Å². The molecule has 1 amide bonds. The first-order valence-electron chi connectivity index (χ1n) is 7.62. The molecule has 1 N–H and O–H groups in total. The molecular formula is C16H14F3N3O6. The fourth-order valence-corrected chi connectivity index (χ4v) is 1.85. The van der Waals surface area contributed by atoms with Crippen LogP contribution in [0.5, 0.6) is 0 Å². The van der Waals surface area contributed by atoms with Crippen LogP contribution in [-0.2, 0) is 25.3 Å². The molecule has 0 spiro atoms. The Morgan fingerprint density at radius 3 is 2.39 bits per heavy atom. The third-order valence-electron chi connectivity index (χ3n) is 3.15. The van der Waals surface area contributed by atoms with E-state index in [1.807, 2.05) is 0 Å². The number of anilines is 1. The predicted octanol–water partition coefficient (Wildman–Crippen LogP) is 2.97. The van der Waals surface area contributed by atoms with Gasteiger partial charge in [-0.3, -0.25) is 9.59 Å². The van der Waals surface area contributed by atoms with Crippen molar-refractivity contribution in [3.63, 3.8) is 0 Å². The number of esters is 1. The average Bonchev–Trinajstić information content (AvgIpc) is 2.58. The minimum atomic E-state index is -4.53. The Hall–Kier alpha value is -3.62. The lowest BCUT2D eigenvalue weighted by Gasteiger charge is -2.10. The molecule has 0 aromatic heterocycles. The Kier molecular flexibility index (Phi) is 7.93. The van der Waals surface area contributed by atoms with Gasteiger partial charge in [0.1, 0.15) is 11.8 Å². The number of halogens is 3. The quantitative estimate of drug-likeness (QED) is 0.135. The van der Waals surface area contributed by atoms with Crippen LogP contribution >= 0.6 is 0 Å². The maximum absolute atomic E-state index is 12.5. The number of nitrogens with zero attached hydrogens (tertiary/aromatic N) is 2. The van der Waals surface area contributed by atoms with Crippen LogP contribution in [-0.4, -0.2) is 23.6 Å². The molecule has 0 saturated carbocycles. The summed E-state index contributed by atoms with van der Waals surface area (Å²) >= 11 is 0. The number of alkyl halides is 3. The number of carbonyl (C=O) groups excluding carboxylic acids is 2. The normalized spacial score (nSPS) is 11.7. The van der Waals surface area contributed by atoms with Crippen LogP contribution in [0.1, 0.15) is 25.3 Å². The summed E-state index contributed by atoms with van der Waals surface area (Å²) in [5.74, 6) is -2.16. The largest absolute Gasteiger partial charge is 0.430 e. The number of nitrogens with one attached hydrogen (secondary N) is 1. The van der Waals surface area contributed by atoms with Crippen molar-refractivity contribution in [2.45, 2.75) is 25.9 Å². The number of carbonyl (C=O) groups is 2. The molecule has 0 aliphatic heterocycles. The predicted molar refractivity (Wildman–Crippen MR) is 86.7 cm³/mol. The summed E-state index contributed by atoms with van der Waals surface area (Å²) in [6, 6.07) is 5.06. The maximum atomic E-state index is 12.5. The topological polar surface area (TPSA) is 132 Å². The highest BCUT2D eigenvalue weighted by molar-refractivity contribution is 6.07. The van der Waals surface area contributed by atoms with Crippen LogP contribution in [0, 0.1) is 21.4 Å². The fourth-order valence-electron chi connectivity index (χ4n) is 1.85. The van der Waals surface area contributed by atoms with Crippen molar-refractivity contribution in [1.82, 2.24) is 0 Å². The number of nitriles is 1. The highest BCUT2D eigenvalue weighted by atomic mass is 19.4. The third kappa shape index (κ3) is 7.32. The average molecular weight is 401 g/mol. The van der Waals surface area contributed by atoms with Crippen molar-refractivity contribution in [2.75, 3.05) is 11.9 Å². The molecule has 9 nitrogen and oxygen atoms in total. The van der Waals surface area contributed by atoms with Crippen molar-refractivity contribution in [1.29, 1.82) is 5.26 Å². The minimum absolute atomic E-state index is 0.00167. The SMILES string of the molecule is C/C(OC(=O)CCCO[N+](=O)[O-])=C(/C#N)C(=O)Nc1ccc(C(F)(F)F)cc1. The van der Waals surface area contributed by atoms with Crippen molar-refractivity contribution in [3.8, 4) is 6.07 Å². The molecule has 28 heavy (non-hydrogen) atoms. The maximum Gasteiger partial charge on any atom is 0.416 e. The van der Waals surface area contributed by atoms with Crippen LogP contribution < -0.4 is 5.32 Å². The zero-order valence-electron chi connectivity index (χ0n) is 14.4. The number of benzene rings is 1. The number of hydrogen-bond donors (Lipinski definition) is 1. The van der Waals surface area contributed by atoms with Gasteiger partial charge in [-0.2, -0.15) is 18.4 Å². The molecule has 0 atom stereocenters. The van der Waals surface area contributed by atoms with E-state index < -0.39 is 34.3 Å². The van der Waals surface area contributed by atoms with Gasteiger partial charge >= 0.3 is 12.1 Å². The van der Waals surface area contributed by atoms with E-state index in [2.05, 4.69) is 10.2 Å². The molecule has 0 aliphatic rings. The van der Waals surface area contributed by atoms with E-state index >= 15 is 0 Å². The van der Waals surface area contributed by atoms with Gasteiger partial charge in [0.25, 0.3) is 11.0 Å². The van der Waals surface area contributed by atoms with Gasteiger partial charge in [-0.05, 0) is 37.6 Å². The Labute approximate surface area is 156 Å². The van der Waals surface area contributed by atoms with E-state index in [0.717, 1.165) is 24.3 Å².